The number of carboxylic acids is 2. The van der Waals surface area contributed by atoms with Crippen molar-refractivity contribution in [2.75, 3.05) is 33.0 Å². The molecule has 24 heavy (non-hydrogen) atoms. The zero-order valence-corrected chi connectivity index (χ0v) is 13.0. The highest BCUT2D eigenvalue weighted by Crippen LogP contribution is 2.16. The second-order valence-corrected chi connectivity index (χ2v) is 5.00. The molecule has 10 heteroatoms. The second-order valence-electron chi connectivity index (χ2n) is 5.00. The Morgan fingerprint density at radius 3 is 1.88 bits per heavy atom. The summed E-state index contributed by atoms with van der Waals surface area (Å²) in [6.45, 7) is 4.17. The lowest BCUT2D eigenvalue weighted by Gasteiger charge is -2.37. The average molecular weight is 340 g/mol. The fourth-order valence-corrected chi connectivity index (χ4v) is 1.41. The van der Waals surface area contributed by atoms with Gasteiger partial charge in [-0.3, -0.25) is 14.9 Å². The zero-order chi connectivity index (χ0) is 18.6. The first-order valence-corrected chi connectivity index (χ1v) is 6.81. The molecule has 0 aromatic heterocycles. The van der Waals surface area contributed by atoms with Gasteiger partial charge in [0.05, 0.1) is 38.6 Å². The molecule has 0 bridgehead atoms. The number of carbonyl (C=O) groups is 2. The van der Waals surface area contributed by atoms with E-state index in [1.54, 1.807) is 6.07 Å². The largest absolute Gasteiger partial charge is 0.480 e. The molecule has 0 aromatic carbocycles. The molecular weight excluding hydrogens is 320 g/mol. The monoisotopic (exact) mass is 340 g/mol. The molecule has 132 valence electrons. The number of nitriles is 2. The Balaban J connectivity index is 0.000000379. The minimum Gasteiger partial charge on any atom is -0.480 e. The second kappa shape index (κ2) is 10.3. The van der Waals surface area contributed by atoms with Gasteiger partial charge >= 0.3 is 11.9 Å². The number of hydrogen-bond acceptors (Lipinski definition) is 8. The summed E-state index contributed by atoms with van der Waals surface area (Å²) in [5, 5.41) is 35.6. The van der Waals surface area contributed by atoms with Crippen LogP contribution < -0.4 is 11.1 Å². The topological polar surface area (TPSA) is 179 Å². The minimum atomic E-state index is -1.08. The number of nitrogens with one attached hydrogen (secondary N) is 1. The summed E-state index contributed by atoms with van der Waals surface area (Å²) in [5.41, 5.74) is 3.20. The average Bonchev–Trinajstić information content (AvgIpc) is 2.47. The molecule has 0 unspecified atom stereocenters. The van der Waals surface area contributed by atoms with Crippen molar-refractivity contribution in [3.63, 3.8) is 0 Å². The zero-order valence-electron chi connectivity index (χ0n) is 13.0. The number of carboxylic acid groups (broad SMARTS) is 2. The molecule has 0 radical (unpaired) electrons. The number of rotatable bonds is 5. The van der Waals surface area contributed by atoms with Crippen molar-refractivity contribution < 1.29 is 29.3 Å². The van der Waals surface area contributed by atoms with Gasteiger partial charge in [0.1, 0.15) is 0 Å². The Kier molecular flexibility index (Phi) is 9.23. The highest BCUT2D eigenvalue weighted by molar-refractivity contribution is 5.80. The molecular formula is C14H20N4O6. The molecule has 2 fully saturated rings. The fourth-order valence-electron chi connectivity index (χ4n) is 1.41. The van der Waals surface area contributed by atoms with Gasteiger partial charge < -0.3 is 25.4 Å². The number of hydrogen-bond donors (Lipinski definition) is 4. The lowest BCUT2D eigenvalue weighted by atomic mass is 9.98. The van der Waals surface area contributed by atoms with Crippen LogP contribution in [0.25, 0.3) is 0 Å². The molecule has 0 aliphatic carbocycles. The van der Waals surface area contributed by atoms with E-state index >= 15 is 0 Å². The molecule has 2 rings (SSSR count). The summed E-state index contributed by atoms with van der Waals surface area (Å²) in [4.78, 5) is 20.8. The van der Waals surface area contributed by atoms with E-state index in [9.17, 15) is 9.59 Å². The third-order valence-corrected chi connectivity index (χ3v) is 3.04. The van der Waals surface area contributed by atoms with Crippen LogP contribution in [0.2, 0.25) is 0 Å². The van der Waals surface area contributed by atoms with Gasteiger partial charge in [0.15, 0.2) is 11.1 Å². The lowest BCUT2D eigenvalue weighted by molar-refractivity contribution is -0.166. The number of ether oxygens (including phenoxy) is 2. The lowest BCUT2D eigenvalue weighted by Crippen LogP contribution is -2.65. The van der Waals surface area contributed by atoms with Gasteiger partial charge in [0, 0.05) is 19.0 Å². The van der Waals surface area contributed by atoms with Crippen molar-refractivity contribution in [3.8, 4) is 12.1 Å². The first kappa shape index (κ1) is 21.5. The molecule has 0 saturated carbocycles. The summed E-state index contributed by atoms with van der Waals surface area (Å²) in [6.07, 6.45) is 1.50. The van der Waals surface area contributed by atoms with Crippen LogP contribution in [0.5, 0.6) is 0 Å². The van der Waals surface area contributed by atoms with Crippen LogP contribution in [0.15, 0.2) is 12.7 Å². The highest BCUT2D eigenvalue weighted by atomic mass is 16.5. The van der Waals surface area contributed by atoms with Crippen LogP contribution in [-0.4, -0.2) is 66.2 Å². The number of nitrogens with two attached hydrogens (primary N) is 1. The van der Waals surface area contributed by atoms with Gasteiger partial charge in [0.25, 0.3) is 0 Å². The molecule has 0 amide bonds. The molecule has 5 N–H and O–H groups in total. The van der Waals surface area contributed by atoms with Crippen molar-refractivity contribution in [3.05, 3.63) is 12.7 Å². The number of allylic oxidation sites excluding steroid dienone is 1. The van der Waals surface area contributed by atoms with E-state index in [0.29, 0.717) is 13.0 Å². The van der Waals surface area contributed by atoms with E-state index in [0.717, 1.165) is 0 Å². The van der Waals surface area contributed by atoms with Gasteiger partial charge in [-0.15, -0.1) is 0 Å². The van der Waals surface area contributed by atoms with E-state index in [4.69, 9.17) is 31.2 Å². The third kappa shape index (κ3) is 6.32. The molecule has 2 aliphatic heterocycles. The fraction of sp³-hybridized carbons (Fsp3) is 0.571. The van der Waals surface area contributed by atoms with Crippen LogP contribution in [0, 0.1) is 22.7 Å². The van der Waals surface area contributed by atoms with Crippen molar-refractivity contribution in [2.24, 2.45) is 5.73 Å². The normalized spacial score (nSPS) is 18.3. The van der Waals surface area contributed by atoms with Gasteiger partial charge in [-0.1, -0.05) is 6.58 Å². The molecule has 10 nitrogen and oxygen atoms in total. The Morgan fingerprint density at radius 2 is 1.71 bits per heavy atom. The first-order valence-electron chi connectivity index (χ1n) is 6.81. The van der Waals surface area contributed by atoms with E-state index in [1.165, 1.54) is 6.08 Å². The maximum Gasteiger partial charge on any atom is 0.328 e. The first-order chi connectivity index (χ1) is 11.3. The smallest absolute Gasteiger partial charge is 0.328 e. The highest BCUT2D eigenvalue weighted by Gasteiger charge is 2.45. The predicted molar refractivity (Wildman–Crippen MR) is 80.6 cm³/mol. The summed E-state index contributed by atoms with van der Waals surface area (Å²) in [7, 11) is 0. The van der Waals surface area contributed by atoms with Gasteiger partial charge in [-0.25, -0.2) is 0 Å². The molecule has 2 aliphatic rings. The number of nitrogens with zero attached hydrogens (tertiary/aromatic N) is 2. The SMILES string of the molecule is C=CC#N.N#CCCNC1(C(=O)O)COC1.NC1(C(=O)O)COC1. The molecule has 0 spiro atoms. The number of aliphatic carboxylic acids is 2. The summed E-state index contributed by atoms with van der Waals surface area (Å²) >= 11 is 0. The Bertz CT molecular complexity index is 528. The van der Waals surface area contributed by atoms with Crippen LogP contribution in [0.1, 0.15) is 6.42 Å². The van der Waals surface area contributed by atoms with Crippen molar-refractivity contribution in [1.29, 1.82) is 10.5 Å². The Labute approximate surface area is 139 Å². The van der Waals surface area contributed by atoms with Crippen molar-refractivity contribution >= 4 is 11.9 Å². The van der Waals surface area contributed by atoms with Gasteiger partial charge in [-0.05, 0) is 0 Å². The standard InChI is InChI=1S/C7H10N2O3.C4H7NO3.C3H3N/c8-2-1-3-9-7(6(10)11)4-12-5-7;5-4(3(6)7)1-8-2-4;1-2-3-4/h9H,1,3-5H2,(H,10,11);1-2,5H2,(H,6,7);2H,1H2. The quantitative estimate of drug-likeness (QED) is 0.352. The maximum absolute atomic E-state index is 10.7. The summed E-state index contributed by atoms with van der Waals surface area (Å²) < 4.78 is 9.40. The predicted octanol–water partition coefficient (Wildman–Crippen LogP) is -1.16. The molecule has 0 aromatic rings. The van der Waals surface area contributed by atoms with Crippen LogP contribution in [0.4, 0.5) is 0 Å². The van der Waals surface area contributed by atoms with Gasteiger partial charge in [0.2, 0.25) is 0 Å². The van der Waals surface area contributed by atoms with Crippen LogP contribution in [0.3, 0.4) is 0 Å². The van der Waals surface area contributed by atoms with Gasteiger partial charge in [-0.2, -0.15) is 10.5 Å². The Morgan fingerprint density at radius 1 is 1.21 bits per heavy atom. The molecule has 0 atom stereocenters. The summed E-state index contributed by atoms with van der Waals surface area (Å²) in [5.74, 6) is -1.89. The van der Waals surface area contributed by atoms with Crippen molar-refractivity contribution in [2.45, 2.75) is 17.5 Å². The summed E-state index contributed by atoms with van der Waals surface area (Å²) in [6, 6.07) is 3.63. The molecule has 2 heterocycles. The van der Waals surface area contributed by atoms with Crippen LogP contribution in [-0.2, 0) is 19.1 Å². The third-order valence-electron chi connectivity index (χ3n) is 3.04. The maximum atomic E-state index is 10.7. The Hall–Kier alpha value is -2.50. The van der Waals surface area contributed by atoms with E-state index in [2.05, 4.69) is 16.6 Å². The van der Waals surface area contributed by atoms with Crippen LogP contribution >= 0.6 is 0 Å². The minimum absolute atomic E-state index is 0.141. The van der Waals surface area contributed by atoms with Crippen molar-refractivity contribution in [1.82, 2.24) is 5.32 Å². The van der Waals surface area contributed by atoms with E-state index < -0.39 is 23.0 Å². The van der Waals surface area contributed by atoms with E-state index in [-0.39, 0.29) is 26.4 Å². The molecule has 2 saturated heterocycles. The van der Waals surface area contributed by atoms with E-state index in [1.807, 2.05) is 6.07 Å².